The molecule has 0 bridgehead atoms. The molecule has 1 atom stereocenters. The van der Waals surface area contributed by atoms with E-state index in [9.17, 15) is 18.0 Å². The normalized spacial score (nSPS) is 14.4. The lowest BCUT2D eigenvalue weighted by molar-refractivity contribution is -0.117. The van der Waals surface area contributed by atoms with Gasteiger partial charge in [0.2, 0.25) is 5.91 Å². The first-order valence-electron chi connectivity index (χ1n) is 17.0. The first-order chi connectivity index (χ1) is 23.7. The second-order valence-electron chi connectivity index (χ2n) is 13.0. The van der Waals surface area contributed by atoms with Crippen LogP contribution in [0.3, 0.4) is 0 Å². The summed E-state index contributed by atoms with van der Waals surface area (Å²) in [4.78, 5) is 26.4. The zero-order chi connectivity index (χ0) is 34.2. The standard InChI is InChI=1S/C40H42N2O6S/c43-39(41-24-25-49(45,46)47)33-18-14-30(15-19-33)26-36(31-16-12-29(13-17-31)11-10-28-6-2-1-3-7-28)40(44)42-35-22-20-32(21-23-35)38-27-34-8-4-5-9-37(34)48-38/h4-5,8-9,12-23,27-28,36H,1-3,6-7,10-11,24-26H2,(H,41,43)(H,42,44)(H,45,46,47). The average molecular weight is 679 g/mol. The number of hydrogen-bond donors (Lipinski definition) is 3. The van der Waals surface area contributed by atoms with Crippen LogP contribution < -0.4 is 10.6 Å². The van der Waals surface area contributed by atoms with Gasteiger partial charge < -0.3 is 15.1 Å². The van der Waals surface area contributed by atoms with Crippen molar-refractivity contribution < 1.29 is 27.0 Å². The summed E-state index contributed by atoms with van der Waals surface area (Å²) in [7, 11) is -4.17. The molecule has 4 aromatic carbocycles. The number of carbonyl (C=O) groups excluding carboxylic acids is 2. The van der Waals surface area contributed by atoms with E-state index in [4.69, 9.17) is 8.97 Å². The summed E-state index contributed by atoms with van der Waals surface area (Å²) in [5.74, 6) is -0.0703. The van der Waals surface area contributed by atoms with E-state index in [0.717, 1.165) is 45.8 Å². The molecular formula is C40H42N2O6S. The molecule has 1 heterocycles. The highest BCUT2D eigenvalue weighted by Gasteiger charge is 2.22. The maximum atomic E-state index is 13.9. The van der Waals surface area contributed by atoms with Gasteiger partial charge in [-0.3, -0.25) is 14.1 Å². The molecule has 6 rings (SSSR count). The summed E-state index contributed by atoms with van der Waals surface area (Å²) in [6.07, 6.45) is 9.32. The van der Waals surface area contributed by atoms with Crippen molar-refractivity contribution in [2.75, 3.05) is 17.6 Å². The Hall–Kier alpha value is -4.73. The van der Waals surface area contributed by atoms with Crippen LogP contribution >= 0.6 is 0 Å². The molecule has 254 valence electrons. The number of anilines is 1. The second-order valence-corrected chi connectivity index (χ2v) is 14.6. The Labute approximate surface area is 287 Å². The van der Waals surface area contributed by atoms with Crippen LogP contribution in [0.4, 0.5) is 5.69 Å². The third-order valence-electron chi connectivity index (χ3n) is 9.43. The molecule has 3 N–H and O–H groups in total. The molecule has 0 radical (unpaired) electrons. The monoisotopic (exact) mass is 678 g/mol. The molecule has 49 heavy (non-hydrogen) atoms. The number of furan rings is 1. The largest absolute Gasteiger partial charge is 0.456 e. The topological polar surface area (TPSA) is 126 Å². The molecule has 1 fully saturated rings. The van der Waals surface area contributed by atoms with Crippen LogP contribution in [0.2, 0.25) is 0 Å². The number of para-hydroxylation sites is 1. The molecule has 1 unspecified atom stereocenters. The van der Waals surface area contributed by atoms with E-state index in [0.29, 0.717) is 17.7 Å². The fourth-order valence-corrected chi connectivity index (χ4v) is 6.98. The Kier molecular flexibility index (Phi) is 10.9. The second kappa shape index (κ2) is 15.7. The minimum Gasteiger partial charge on any atom is -0.456 e. The van der Waals surface area contributed by atoms with Crippen molar-refractivity contribution in [2.24, 2.45) is 5.92 Å². The van der Waals surface area contributed by atoms with Gasteiger partial charge in [-0.25, -0.2) is 0 Å². The van der Waals surface area contributed by atoms with Crippen molar-refractivity contribution >= 4 is 38.6 Å². The number of rotatable bonds is 13. The van der Waals surface area contributed by atoms with Crippen molar-refractivity contribution in [2.45, 2.75) is 57.3 Å². The molecule has 0 aliphatic heterocycles. The number of amides is 2. The van der Waals surface area contributed by atoms with Crippen LogP contribution in [0.5, 0.6) is 0 Å². The van der Waals surface area contributed by atoms with Crippen LogP contribution in [-0.2, 0) is 27.8 Å². The van der Waals surface area contributed by atoms with Gasteiger partial charge in [-0.2, -0.15) is 8.42 Å². The maximum absolute atomic E-state index is 13.9. The quantitative estimate of drug-likeness (QED) is 0.108. The van der Waals surface area contributed by atoms with Gasteiger partial charge in [0.05, 0.1) is 11.7 Å². The minimum atomic E-state index is -4.17. The predicted molar refractivity (Wildman–Crippen MR) is 193 cm³/mol. The van der Waals surface area contributed by atoms with E-state index < -0.39 is 27.7 Å². The maximum Gasteiger partial charge on any atom is 0.266 e. The summed E-state index contributed by atoms with van der Waals surface area (Å²) < 4.78 is 36.9. The van der Waals surface area contributed by atoms with Crippen molar-refractivity contribution in [3.8, 4) is 11.3 Å². The third kappa shape index (κ3) is 9.46. The molecule has 0 saturated heterocycles. The van der Waals surface area contributed by atoms with Crippen LogP contribution in [0.15, 0.2) is 108 Å². The molecule has 1 aromatic heterocycles. The Balaban J connectivity index is 1.16. The van der Waals surface area contributed by atoms with Crippen LogP contribution in [0.25, 0.3) is 22.3 Å². The van der Waals surface area contributed by atoms with Crippen molar-refractivity contribution in [1.82, 2.24) is 5.32 Å². The lowest BCUT2D eigenvalue weighted by Gasteiger charge is -2.21. The number of hydrogen-bond acceptors (Lipinski definition) is 5. The summed E-state index contributed by atoms with van der Waals surface area (Å²) in [5, 5.41) is 6.64. The zero-order valence-corrected chi connectivity index (χ0v) is 28.3. The SMILES string of the molecule is O=C(NCCS(=O)(=O)O)c1ccc(CC(C(=O)Nc2ccc(-c3cc4ccccc4o3)cc2)c2ccc(CCC3CCCCC3)cc2)cc1. The molecule has 0 spiro atoms. The van der Waals surface area contributed by atoms with Crippen molar-refractivity contribution in [1.29, 1.82) is 0 Å². The van der Waals surface area contributed by atoms with E-state index >= 15 is 0 Å². The fourth-order valence-electron chi connectivity index (χ4n) is 6.62. The van der Waals surface area contributed by atoms with Crippen LogP contribution in [-0.4, -0.2) is 37.1 Å². The Bertz CT molecular complexity index is 1940. The molecule has 1 aliphatic carbocycles. The molecule has 8 nitrogen and oxygen atoms in total. The number of nitrogens with one attached hydrogen (secondary N) is 2. The van der Waals surface area contributed by atoms with Gasteiger partial charge in [-0.15, -0.1) is 0 Å². The van der Waals surface area contributed by atoms with Gasteiger partial charge in [0.1, 0.15) is 11.3 Å². The van der Waals surface area contributed by atoms with E-state index in [1.807, 2.05) is 54.6 Å². The van der Waals surface area contributed by atoms with Crippen molar-refractivity contribution in [3.63, 3.8) is 0 Å². The third-order valence-corrected chi connectivity index (χ3v) is 10.1. The van der Waals surface area contributed by atoms with E-state index in [1.165, 1.54) is 44.1 Å². The van der Waals surface area contributed by atoms with Gasteiger partial charge in [0.15, 0.2) is 0 Å². The number of carbonyl (C=O) groups is 2. The van der Waals surface area contributed by atoms with Crippen molar-refractivity contribution in [3.05, 3.63) is 125 Å². The highest BCUT2D eigenvalue weighted by molar-refractivity contribution is 7.85. The zero-order valence-electron chi connectivity index (χ0n) is 27.4. The lowest BCUT2D eigenvalue weighted by atomic mass is 9.85. The van der Waals surface area contributed by atoms with E-state index in [-0.39, 0.29) is 12.5 Å². The van der Waals surface area contributed by atoms with Crippen LogP contribution in [0, 0.1) is 5.92 Å². The summed E-state index contributed by atoms with van der Waals surface area (Å²) >= 11 is 0. The van der Waals surface area contributed by atoms with E-state index in [1.54, 1.807) is 24.3 Å². The summed E-state index contributed by atoms with van der Waals surface area (Å²) in [6.45, 7) is -0.197. The van der Waals surface area contributed by atoms with Gasteiger partial charge in [0, 0.05) is 28.7 Å². The smallest absolute Gasteiger partial charge is 0.266 e. The molecule has 9 heteroatoms. The van der Waals surface area contributed by atoms with Gasteiger partial charge in [0.25, 0.3) is 16.0 Å². The van der Waals surface area contributed by atoms with Crippen LogP contribution in [0.1, 0.15) is 71.5 Å². The van der Waals surface area contributed by atoms with Gasteiger partial charge >= 0.3 is 0 Å². The Morgan fingerprint density at radius 3 is 2.22 bits per heavy atom. The molecule has 1 aliphatic rings. The molecule has 2 amide bonds. The molecule has 5 aromatic rings. The van der Waals surface area contributed by atoms with E-state index in [2.05, 4.69) is 34.9 Å². The van der Waals surface area contributed by atoms with Gasteiger partial charge in [-0.05, 0) is 90.4 Å². The van der Waals surface area contributed by atoms with Gasteiger partial charge in [-0.1, -0.05) is 86.7 Å². The summed E-state index contributed by atoms with van der Waals surface area (Å²) in [6, 6.07) is 32.8. The molecule has 1 saturated carbocycles. The first-order valence-corrected chi connectivity index (χ1v) is 18.6. The fraction of sp³-hybridized carbons (Fsp3) is 0.300. The highest BCUT2D eigenvalue weighted by Crippen LogP contribution is 2.31. The average Bonchev–Trinajstić information content (AvgIpc) is 3.55. The number of fused-ring (bicyclic) bond motifs is 1. The molecular weight excluding hydrogens is 637 g/mol. The lowest BCUT2D eigenvalue weighted by Crippen LogP contribution is -2.28. The minimum absolute atomic E-state index is 0.140. The Morgan fingerprint density at radius 2 is 1.53 bits per heavy atom. The Morgan fingerprint density at radius 1 is 0.837 bits per heavy atom. The number of benzene rings is 4. The first kappa shape index (κ1) is 34.1. The summed E-state index contributed by atoms with van der Waals surface area (Å²) in [5.41, 5.74) is 5.82. The highest BCUT2D eigenvalue weighted by atomic mass is 32.2. The number of aryl methyl sites for hydroxylation is 1. The predicted octanol–water partition coefficient (Wildman–Crippen LogP) is 8.20.